The summed E-state index contributed by atoms with van der Waals surface area (Å²) in [5.41, 5.74) is -0.138. The maximum absolute atomic E-state index is 12.9. The van der Waals surface area contributed by atoms with Crippen LogP contribution in [0.5, 0.6) is 0 Å². The number of nitrogens with one attached hydrogen (secondary N) is 1. The average molecular weight is 280 g/mol. The molecule has 2 atom stereocenters. The Morgan fingerprint density at radius 3 is 2.35 bits per heavy atom. The standard InChI is InChI=1S/C16H28N2O2/c1-5-12-14(19)17-13(11(2)3)15(20)18(12)16(4)9-7-6-8-10-16/h11-13H,5-10H2,1-4H3,(H,17,19). The van der Waals surface area contributed by atoms with E-state index in [1.807, 2.05) is 25.7 Å². The summed E-state index contributed by atoms with van der Waals surface area (Å²) in [5, 5.41) is 2.92. The van der Waals surface area contributed by atoms with E-state index < -0.39 is 0 Å². The molecule has 0 bridgehead atoms. The van der Waals surface area contributed by atoms with E-state index in [2.05, 4.69) is 12.2 Å². The lowest BCUT2D eigenvalue weighted by molar-refractivity contribution is -0.159. The topological polar surface area (TPSA) is 49.4 Å². The quantitative estimate of drug-likeness (QED) is 0.863. The molecule has 0 radical (unpaired) electrons. The highest BCUT2D eigenvalue weighted by molar-refractivity contribution is 5.97. The van der Waals surface area contributed by atoms with E-state index in [1.54, 1.807) is 0 Å². The molecule has 0 aromatic rings. The number of rotatable bonds is 3. The summed E-state index contributed by atoms with van der Waals surface area (Å²) < 4.78 is 0. The summed E-state index contributed by atoms with van der Waals surface area (Å²) in [6.45, 7) is 8.15. The van der Waals surface area contributed by atoms with Crippen LogP contribution in [0.3, 0.4) is 0 Å². The molecule has 20 heavy (non-hydrogen) atoms. The summed E-state index contributed by atoms with van der Waals surface area (Å²) in [6.07, 6.45) is 6.29. The molecule has 1 N–H and O–H groups in total. The predicted octanol–water partition coefficient (Wildman–Crippen LogP) is 2.47. The Labute approximate surface area is 122 Å². The number of piperazine rings is 1. The average Bonchev–Trinajstić information content (AvgIpc) is 2.40. The summed E-state index contributed by atoms with van der Waals surface area (Å²) in [5.74, 6) is 0.285. The fraction of sp³-hybridized carbons (Fsp3) is 0.875. The Bertz CT molecular complexity index is 386. The van der Waals surface area contributed by atoms with E-state index >= 15 is 0 Å². The van der Waals surface area contributed by atoms with Crippen molar-refractivity contribution in [1.82, 2.24) is 10.2 Å². The van der Waals surface area contributed by atoms with E-state index in [9.17, 15) is 9.59 Å². The maximum Gasteiger partial charge on any atom is 0.246 e. The number of carbonyl (C=O) groups excluding carboxylic acids is 2. The number of hydrogen-bond donors (Lipinski definition) is 1. The Hall–Kier alpha value is -1.06. The second kappa shape index (κ2) is 5.74. The van der Waals surface area contributed by atoms with Crippen LogP contribution in [0, 0.1) is 5.92 Å². The zero-order valence-corrected chi connectivity index (χ0v) is 13.2. The highest BCUT2D eigenvalue weighted by atomic mass is 16.2. The minimum atomic E-state index is -0.357. The molecular formula is C16H28N2O2. The molecule has 114 valence electrons. The van der Waals surface area contributed by atoms with Gasteiger partial charge in [0.15, 0.2) is 0 Å². The first-order valence-electron chi connectivity index (χ1n) is 8.04. The van der Waals surface area contributed by atoms with E-state index in [4.69, 9.17) is 0 Å². The summed E-state index contributed by atoms with van der Waals surface area (Å²) in [7, 11) is 0. The SMILES string of the molecule is CCC1C(=O)NC(C(C)C)C(=O)N1C1(C)CCCCC1. The molecule has 4 heteroatoms. The van der Waals surface area contributed by atoms with Crippen molar-refractivity contribution in [2.75, 3.05) is 0 Å². The van der Waals surface area contributed by atoms with E-state index in [0.29, 0.717) is 6.42 Å². The zero-order valence-electron chi connectivity index (χ0n) is 13.2. The van der Waals surface area contributed by atoms with Crippen LogP contribution in [0.25, 0.3) is 0 Å². The minimum absolute atomic E-state index is 0.0256. The molecular weight excluding hydrogens is 252 g/mol. The van der Waals surface area contributed by atoms with Gasteiger partial charge in [0.05, 0.1) is 0 Å². The number of hydrogen-bond acceptors (Lipinski definition) is 2. The van der Waals surface area contributed by atoms with Gasteiger partial charge in [0, 0.05) is 5.54 Å². The van der Waals surface area contributed by atoms with Crippen LogP contribution in [0.4, 0.5) is 0 Å². The molecule has 1 aliphatic heterocycles. The van der Waals surface area contributed by atoms with Gasteiger partial charge in [-0.1, -0.05) is 40.0 Å². The van der Waals surface area contributed by atoms with Gasteiger partial charge in [-0.2, -0.15) is 0 Å². The monoisotopic (exact) mass is 280 g/mol. The van der Waals surface area contributed by atoms with Crippen molar-refractivity contribution < 1.29 is 9.59 Å². The van der Waals surface area contributed by atoms with Gasteiger partial charge in [0.1, 0.15) is 12.1 Å². The fourth-order valence-electron chi connectivity index (χ4n) is 3.75. The summed E-state index contributed by atoms with van der Waals surface area (Å²) >= 11 is 0. The lowest BCUT2D eigenvalue weighted by Gasteiger charge is -2.51. The first-order chi connectivity index (χ1) is 9.40. The molecule has 1 saturated heterocycles. The van der Waals surface area contributed by atoms with Crippen molar-refractivity contribution in [3.05, 3.63) is 0 Å². The minimum Gasteiger partial charge on any atom is -0.342 e. The van der Waals surface area contributed by atoms with Crippen LogP contribution < -0.4 is 5.32 Å². The van der Waals surface area contributed by atoms with Crippen molar-refractivity contribution in [2.24, 2.45) is 5.92 Å². The summed E-state index contributed by atoms with van der Waals surface area (Å²) in [4.78, 5) is 27.2. The Morgan fingerprint density at radius 2 is 1.85 bits per heavy atom. The molecule has 0 spiro atoms. The van der Waals surface area contributed by atoms with Crippen LogP contribution >= 0.6 is 0 Å². The van der Waals surface area contributed by atoms with E-state index in [-0.39, 0.29) is 35.4 Å². The lowest BCUT2D eigenvalue weighted by Crippen LogP contribution is -2.70. The molecule has 1 saturated carbocycles. The molecule has 4 nitrogen and oxygen atoms in total. The molecule has 1 heterocycles. The molecule has 2 amide bonds. The van der Waals surface area contributed by atoms with Gasteiger partial charge in [0.2, 0.25) is 11.8 Å². The van der Waals surface area contributed by atoms with Gasteiger partial charge in [-0.3, -0.25) is 9.59 Å². The first-order valence-corrected chi connectivity index (χ1v) is 8.04. The Balaban J connectivity index is 2.33. The smallest absolute Gasteiger partial charge is 0.246 e. The van der Waals surface area contributed by atoms with Crippen molar-refractivity contribution in [3.63, 3.8) is 0 Å². The summed E-state index contributed by atoms with van der Waals surface area (Å²) in [6, 6.07) is -0.648. The van der Waals surface area contributed by atoms with E-state index in [1.165, 1.54) is 6.42 Å². The number of nitrogens with zero attached hydrogens (tertiary/aromatic N) is 1. The van der Waals surface area contributed by atoms with Crippen molar-refractivity contribution in [3.8, 4) is 0 Å². The molecule has 2 aliphatic rings. The van der Waals surface area contributed by atoms with Crippen molar-refractivity contribution >= 4 is 11.8 Å². The van der Waals surface area contributed by atoms with Gasteiger partial charge in [-0.05, 0) is 32.1 Å². The van der Waals surface area contributed by atoms with Gasteiger partial charge >= 0.3 is 0 Å². The third-order valence-corrected chi connectivity index (χ3v) is 4.98. The largest absolute Gasteiger partial charge is 0.342 e. The van der Waals surface area contributed by atoms with Crippen molar-refractivity contribution in [1.29, 1.82) is 0 Å². The molecule has 1 aliphatic carbocycles. The highest BCUT2D eigenvalue weighted by Gasteiger charge is 2.48. The normalized spacial score (nSPS) is 30.6. The Kier molecular flexibility index (Phi) is 4.40. The number of amides is 2. The fourth-order valence-corrected chi connectivity index (χ4v) is 3.75. The third kappa shape index (κ3) is 2.57. The van der Waals surface area contributed by atoms with Crippen LogP contribution in [0.15, 0.2) is 0 Å². The lowest BCUT2D eigenvalue weighted by atomic mass is 9.79. The second-order valence-electron chi connectivity index (χ2n) is 6.92. The molecule has 2 rings (SSSR count). The first kappa shape index (κ1) is 15.3. The third-order valence-electron chi connectivity index (χ3n) is 4.98. The predicted molar refractivity (Wildman–Crippen MR) is 79.2 cm³/mol. The highest BCUT2D eigenvalue weighted by Crippen LogP contribution is 2.37. The van der Waals surface area contributed by atoms with Gasteiger partial charge < -0.3 is 10.2 Å². The molecule has 0 aromatic heterocycles. The maximum atomic E-state index is 12.9. The number of carbonyl (C=O) groups is 2. The van der Waals surface area contributed by atoms with E-state index in [0.717, 1.165) is 25.7 Å². The molecule has 2 fully saturated rings. The van der Waals surface area contributed by atoms with Crippen LogP contribution in [-0.2, 0) is 9.59 Å². The van der Waals surface area contributed by atoms with Gasteiger partial charge in [-0.25, -0.2) is 0 Å². The van der Waals surface area contributed by atoms with Gasteiger partial charge in [-0.15, -0.1) is 0 Å². The van der Waals surface area contributed by atoms with Crippen molar-refractivity contribution in [2.45, 2.75) is 83.8 Å². The second-order valence-corrected chi connectivity index (χ2v) is 6.92. The molecule has 2 unspecified atom stereocenters. The van der Waals surface area contributed by atoms with Gasteiger partial charge in [0.25, 0.3) is 0 Å². The van der Waals surface area contributed by atoms with Crippen LogP contribution in [0.1, 0.15) is 66.2 Å². The Morgan fingerprint density at radius 1 is 1.25 bits per heavy atom. The molecule has 0 aromatic carbocycles. The van der Waals surface area contributed by atoms with Crippen LogP contribution in [-0.4, -0.2) is 34.3 Å². The zero-order chi connectivity index (χ0) is 14.9. The van der Waals surface area contributed by atoms with Crippen LogP contribution in [0.2, 0.25) is 0 Å².